The fourth-order valence-electron chi connectivity index (χ4n) is 3.17. The maximum absolute atomic E-state index is 12.6. The van der Waals surface area contributed by atoms with Crippen LogP contribution in [-0.4, -0.2) is 25.5 Å². The summed E-state index contributed by atoms with van der Waals surface area (Å²) in [7, 11) is 0. The summed E-state index contributed by atoms with van der Waals surface area (Å²) < 4.78 is 0. The Morgan fingerprint density at radius 1 is 1.16 bits per heavy atom. The third-order valence-corrected chi connectivity index (χ3v) is 4.40. The molecule has 25 heavy (non-hydrogen) atoms. The fraction of sp³-hybridized carbons (Fsp3) is 0.350. The van der Waals surface area contributed by atoms with Crippen molar-refractivity contribution in [3.05, 3.63) is 59.7 Å². The molecule has 1 aliphatic rings. The van der Waals surface area contributed by atoms with E-state index in [1.54, 1.807) is 0 Å². The van der Waals surface area contributed by atoms with Crippen molar-refractivity contribution in [1.82, 2.24) is 5.32 Å². The van der Waals surface area contributed by atoms with Gasteiger partial charge >= 0.3 is 0 Å². The van der Waals surface area contributed by atoms with E-state index in [1.807, 2.05) is 30.3 Å². The monoisotopic (exact) mass is 359 g/mol. The Hall–Kier alpha value is -2.04. The normalized spacial score (nSPS) is 13.6. The molecule has 5 heteroatoms. The summed E-state index contributed by atoms with van der Waals surface area (Å²) in [6.45, 7) is 7.21. The van der Waals surface area contributed by atoms with Gasteiger partial charge in [0.2, 0.25) is 5.91 Å². The average Bonchev–Trinajstić information content (AvgIpc) is 2.78. The number of nitrogens with one attached hydrogen (secondary N) is 2. The van der Waals surface area contributed by atoms with Crippen LogP contribution >= 0.6 is 12.4 Å². The molecule has 2 aromatic carbocycles. The first-order valence-electron chi connectivity index (χ1n) is 8.57. The molecule has 2 N–H and O–H groups in total. The van der Waals surface area contributed by atoms with Gasteiger partial charge in [0.15, 0.2) is 0 Å². The van der Waals surface area contributed by atoms with Crippen molar-refractivity contribution in [1.29, 1.82) is 0 Å². The number of amides is 1. The number of para-hydroxylation sites is 2. The molecule has 4 nitrogen and oxygen atoms in total. The van der Waals surface area contributed by atoms with Crippen molar-refractivity contribution in [3.63, 3.8) is 0 Å². The number of hydrogen-bond donors (Lipinski definition) is 2. The van der Waals surface area contributed by atoms with Crippen LogP contribution in [-0.2, 0) is 11.3 Å². The number of hydrogen-bond acceptors (Lipinski definition) is 3. The number of fused-ring (bicyclic) bond motifs is 1. The SMILES string of the molecule is CC(C)c1ccccc1NC(=O)CN1CCNCc2ccccc21.Cl. The molecule has 1 aliphatic heterocycles. The summed E-state index contributed by atoms with van der Waals surface area (Å²) in [5.74, 6) is 0.407. The van der Waals surface area contributed by atoms with Crippen LogP contribution in [0.4, 0.5) is 11.4 Å². The largest absolute Gasteiger partial charge is 0.361 e. The van der Waals surface area contributed by atoms with E-state index in [0.717, 1.165) is 31.0 Å². The van der Waals surface area contributed by atoms with Crippen molar-refractivity contribution < 1.29 is 4.79 Å². The van der Waals surface area contributed by atoms with Crippen LogP contribution in [0.1, 0.15) is 30.9 Å². The zero-order valence-corrected chi connectivity index (χ0v) is 15.6. The molecule has 0 aromatic heterocycles. The molecule has 134 valence electrons. The van der Waals surface area contributed by atoms with Gasteiger partial charge in [-0.15, -0.1) is 12.4 Å². The summed E-state index contributed by atoms with van der Waals surface area (Å²) in [6, 6.07) is 16.3. The lowest BCUT2D eigenvalue weighted by molar-refractivity contribution is -0.115. The summed E-state index contributed by atoms with van der Waals surface area (Å²) >= 11 is 0. The van der Waals surface area contributed by atoms with E-state index < -0.39 is 0 Å². The highest BCUT2D eigenvalue weighted by atomic mass is 35.5. The van der Waals surface area contributed by atoms with Crippen LogP contribution in [0.5, 0.6) is 0 Å². The number of rotatable bonds is 4. The van der Waals surface area contributed by atoms with Crippen molar-refractivity contribution in [2.75, 3.05) is 29.9 Å². The first-order valence-corrected chi connectivity index (χ1v) is 8.57. The Morgan fingerprint density at radius 2 is 1.88 bits per heavy atom. The van der Waals surface area contributed by atoms with Crippen molar-refractivity contribution in [3.8, 4) is 0 Å². The minimum atomic E-state index is 0. The second-order valence-corrected chi connectivity index (χ2v) is 6.52. The number of benzene rings is 2. The van der Waals surface area contributed by atoms with E-state index in [-0.39, 0.29) is 18.3 Å². The van der Waals surface area contributed by atoms with Gasteiger partial charge in [-0.2, -0.15) is 0 Å². The predicted octanol–water partition coefficient (Wildman–Crippen LogP) is 3.78. The quantitative estimate of drug-likeness (QED) is 0.873. The van der Waals surface area contributed by atoms with Crippen LogP contribution in [0.2, 0.25) is 0 Å². The summed E-state index contributed by atoms with van der Waals surface area (Å²) in [4.78, 5) is 14.8. The van der Waals surface area contributed by atoms with Gasteiger partial charge in [0.25, 0.3) is 0 Å². The fourth-order valence-corrected chi connectivity index (χ4v) is 3.17. The highest BCUT2D eigenvalue weighted by Crippen LogP contribution is 2.25. The lowest BCUT2D eigenvalue weighted by Crippen LogP contribution is -2.36. The third kappa shape index (κ3) is 4.74. The maximum Gasteiger partial charge on any atom is 0.243 e. The molecule has 2 aromatic rings. The molecule has 1 amide bonds. The summed E-state index contributed by atoms with van der Waals surface area (Å²) in [5.41, 5.74) is 4.47. The topological polar surface area (TPSA) is 44.4 Å². The first kappa shape index (κ1) is 19.3. The zero-order chi connectivity index (χ0) is 16.9. The standard InChI is InChI=1S/C20H25N3O.ClH/c1-15(2)17-8-4-5-9-18(17)22-20(24)14-23-12-11-21-13-16-7-3-6-10-19(16)23;/h3-10,15,21H,11-14H2,1-2H3,(H,22,24);1H. The highest BCUT2D eigenvalue weighted by molar-refractivity contribution is 5.95. The van der Waals surface area contributed by atoms with E-state index in [1.165, 1.54) is 11.1 Å². The molecule has 0 fully saturated rings. The number of carbonyl (C=O) groups is 1. The van der Waals surface area contributed by atoms with Gasteiger partial charge in [0.05, 0.1) is 6.54 Å². The van der Waals surface area contributed by atoms with Gasteiger partial charge in [0.1, 0.15) is 0 Å². The molecular weight excluding hydrogens is 334 g/mol. The second kappa shape index (κ2) is 8.88. The van der Waals surface area contributed by atoms with E-state index in [2.05, 4.69) is 47.6 Å². The van der Waals surface area contributed by atoms with E-state index >= 15 is 0 Å². The van der Waals surface area contributed by atoms with E-state index in [0.29, 0.717) is 12.5 Å². The minimum absolute atomic E-state index is 0. The molecular formula is C20H26ClN3O. The Bertz CT molecular complexity index is 718. The van der Waals surface area contributed by atoms with Crippen LogP contribution in [0.15, 0.2) is 48.5 Å². The zero-order valence-electron chi connectivity index (χ0n) is 14.8. The molecule has 0 spiro atoms. The van der Waals surface area contributed by atoms with E-state index in [4.69, 9.17) is 0 Å². The van der Waals surface area contributed by atoms with Gasteiger partial charge in [-0.25, -0.2) is 0 Å². The lowest BCUT2D eigenvalue weighted by atomic mass is 10.0. The Kier molecular flexibility index (Phi) is 6.85. The molecule has 0 unspecified atom stereocenters. The lowest BCUT2D eigenvalue weighted by Gasteiger charge is -2.24. The molecule has 1 heterocycles. The Morgan fingerprint density at radius 3 is 2.68 bits per heavy atom. The Labute approximate surface area is 156 Å². The molecule has 0 radical (unpaired) electrons. The average molecular weight is 360 g/mol. The third-order valence-electron chi connectivity index (χ3n) is 4.40. The number of carbonyl (C=O) groups excluding carboxylic acids is 1. The van der Waals surface area contributed by atoms with Crippen LogP contribution in [0, 0.1) is 0 Å². The van der Waals surface area contributed by atoms with Gasteiger partial charge in [0, 0.05) is 31.0 Å². The first-order chi connectivity index (χ1) is 11.6. The molecule has 0 saturated heterocycles. The predicted molar refractivity (Wildman–Crippen MR) is 107 cm³/mol. The van der Waals surface area contributed by atoms with Crippen LogP contribution < -0.4 is 15.5 Å². The Balaban J connectivity index is 0.00000225. The molecule has 0 aliphatic carbocycles. The number of anilines is 2. The smallest absolute Gasteiger partial charge is 0.243 e. The molecule has 0 saturated carbocycles. The molecule has 0 atom stereocenters. The van der Waals surface area contributed by atoms with Gasteiger partial charge in [-0.1, -0.05) is 50.2 Å². The molecule has 0 bridgehead atoms. The van der Waals surface area contributed by atoms with Crippen LogP contribution in [0.3, 0.4) is 0 Å². The van der Waals surface area contributed by atoms with Crippen molar-refractivity contribution >= 4 is 29.7 Å². The highest BCUT2D eigenvalue weighted by Gasteiger charge is 2.18. The number of nitrogens with zero attached hydrogens (tertiary/aromatic N) is 1. The van der Waals surface area contributed by atoms with Crippen molar-refractivity contribution in [2.24, 2.45) is 0 Å². The van der Waals surface area contributed by atoms with Crippen LogP contribution in [0.25, 0.3) is 0 Å². The summed E-state index contributed by atoms with van der Waals surface area (Å²) in [6.07, 6.45) is 0. The van der Waals surface area contributed by atoms with Gasteiger partial charge in [-0.05, 0) is 29.2 Å². The summed E-state index contributed by atoms with van der Waals surface area (Å²) in [5, 5.41) is 6.50. The molecule has 3 rings (SSSR count). The van der Waals surface area contributed by atoms with Gasteiger partial charge < -0.3 is 15.5 Å². The number of halogens is 1. The second-order valence-electron chi connectivity index (χ2n) is 6.52. The van der Waals surface area contributed by atoms with Gasteiger partial charge in [-0.3, -0.25) is 4.79 Å². The maximum atomic E-state index is 12.6. The van der Waals surface area contributed by atoms with E-state index in [9.17, 15) is 4.79 Å². The van der Waals surface area contributed by atoms with Crippen molar-refractivity contribution in [2.45, 2.75) is 26.3 Å². The minimum Gasteiger partial charge on any atom is -0.361 e.